The molecule has 0 aliphatic carbocycles. The Morgan fingerprint density at radius 2 is 1.75 bits per heavy atom. The number of hydrogen-bond acceptors (Lipinski definition) is 3. The highest BCUT2D eigenvalue weighted by Gasteiger charge is 2.18. The van der Waals surface area contributed by atoms with Gasteiger partial charge in [0.15, 0.2) is 5.82 Å². The van der Waals surface area contributed by atoms with Gasteiger partial charge >= 0.3 is 0 Å². The first-order valence-corrected chi connectivity index (χ1v) is 7.30. The van der Waals surface area contributed by atoms with E-state index < -0.39 is 26.6 Å². The van der Waals surface area contributed by atoms with Crippen molar-refractivity contribution < 1.29 is 17.2 Å². The smallest absolute Gasteiger partial charge is 0.263 e. The molecule has 108 valence electrons. The lowest BCUT2D eigenvalue weighted by Gasteiger charge is -2.05. The highest BCUT2D eigenvalue weighted by Crippen LogP contribution is 2.19. The van der Waals surface area contributed by atoms with Crippen molar-refractivity contribution >= 4 is 15.8 Å². The largest absolute Gasteiger partial charge is 0.280 e. The molecule has 2 aromatic rings. The zero-order valence-corrected chi connectivity index (χ0v) is 11.6. The van der Waals surface area contributed by atoms with Crippen LogP contribution in [-0.4, -0.2) is 18.6 Å². The van der Waals surface area contributed by atoms with Crippen LogP contribution in [0.4, 0.5) is 14.6 Å². The molecule has 0 fully saturated rings. The molecule has 0 aliphatic rings. The van der Waals surface area contributed by atoms with Crippen molar-refractivity contribution in [1.82, 2.24) is 10.2 Å². The zero-order valence-electron chi connectivity index (χ0n) is 10.8. The molecule has 1 aromatic heterocycles. The Bertz CT molecular complexity index is 706. The van der Waals surface area contributed by atoms with Crippen LogP contribution in [0.2, 0.25) is 0 Å². The Morgan fingerprint density at radius 1 is 1.15 bits per heavy atom. The summed E-state index contributed by atoms with van der Waals surface area (Å²) in [5.74, 6) is -1.71. The fraction of sp³-hybridized carbons (Fsp3) is 0.250. The second kappa shape index (κ2) is 5.20. The van der Waals surface area contributed by atoms with Gasteiger partial charge in [0.2, 0.25) is 0 Å². The number of aromatic amines is 1. The van der Waals surface area contributed by atoms with Crippen LogP contribution in [0.15, 0.2) is 29.2 Å². The summed E-state index contributed by atoms with van der Waals surface area (Å²) in [7, 11) is -4.08. The minimum absolute atomic E-state index is 0.0679. The number of rotatable bonds is 4. The third kappa shape index (κ3) is 3.13. The third-order valence-electron chi connectivity index (χ3n) is 2.60. The van der Waals surface area contributed by atoms with Gasteiger partial charge in [-0.1, -0.05) is 13.8 Å². The summed E-state index contributed by atoms with van der Waals surface area (Å²) in [5.41, 5.74) is 0.744. The van der Waals surface area contributed by atoms with E-state index >= 15 is 0 Å². The maximum absolute atomic E-state index is 13.1. The quantitative estimate of drug-likeness (QED) is 0.911. The van der Waals surface area contributed by atoms with Gasteiger partial charge in [0.1, 0.15) is 11.6 Å². The van der Waals surface area contributed by atoms with Crippen LogP contribution in [0.1, 0.15) is 25.5 Å². The van der Waals surface area contributed by atoms with E-state index in [0.717, 1.165) is 17.8 Å². The number of nitrogens with one attached hydrogen (secondary N) is 2. The Hall–Kier alpha value is -1.96. The van der Waals surface area contributed by atoms with E-state index in [2.05, 4.69) is 14.9 Å². The van der Waals surface area contributed by atoms with E-state index in [1.807, 2.05) is 13.8 Å². The van der Waals surface area contributed by atoms with Gasteiger partial charge < -0.3 is 0 Å². The van der Waals surface area contributed by atoms with Gasteiger partial charge in [-0.25, -0.2) is 17.2 Å². The minimum atomic E-state index is -4.08. The molecule has 0 atom stereocenters. The molecule has 0 spiro atoms. The van der Waals surface area contributed by atoms with Gasteiger partial charge in [-0.3, -0.25) is 9.82 Å². The van der Waals surface area contributed by atoms with Gasteiger partial charge in [0, 0.05) is 17.8 Å². The first kappa shape index (κ1) is 14.4. The van der Waals surface area contributed by atoms with Gasteiger partial charge in [0.25, 0.3) is 10.0 Å². The fourth-order valence-corrected chi connectivity index (χ4v) is 2.60. The average molecular weight is 301 g/mol. The van der Waals surface area contributed by atoms with E-state index in [1.54, 1.807) is 0 Å². The maximum atomic E-state index is 13.1. The normalized spacial score (nSPS) is 11.8. The summed E-state index contributed by atoms with van der Waals surface area (Å²) < 4.78 is 52.2. The van der Waals surface area contributed by atoms with Gasteiger partial charge in [-0.2, -0.15) is 5.10 Å². The van der Waals surface area contributed by atoms with Crippen LogP contribution < -0.4 is 4.72 Å². The van der Waals surface area contributed by atoms with Gasteiger partial charge in [0.05, 0.1) is 4.90 Å². The van der Waals surface area contributed by atoms with Crippen molar-refractivity contribution in [1.29, 1.82) is 0 Å². The molecular weight excluding hydrogens is 288 g/mol. The summed E-state index contributed by atoms with van der Waals surface area (Å²) in [6.45, 7) is 3.82. The van der Waals surface area contributed by atoms with Crippen LogP contribution in [0.5, 0.6) is 0 Å². The predicted octanol–water partition coefficient (Wildman–Crippen LogP) is 2.61. The summed E-state index contributed by atoms with van der Waals surface area (Å²) in [6.07, 6.45) is 0. The second-order valence-corrected chi connectivity index (χ2v) is 6.26. The predicted molar refractivity (Wildman–Crippen MR) is 69.8 cm³/mol. The van der Waals surface area contributed by atoms with Crippen molar-refractivity contribution in [2.45, 2.75) is 24.7 Å². The molecule has 0 unspecified atom stereocenters. The molecule has 0 aliphatic heterocycles. The van der Waals surface area contributed by atoms with Crippen molar-refractivity contribution in [3.8, 4) is 0 Å². The number of nitrogens with zero attached hydrogens (tertiary/aromatic N) is 1. The van der Waals surface area contributed by atoms with Gasteiger partial charge in [-0.05, 0) is 18.1 Å². The highest BCUT2D eigenvalue weighted by atomic mass is 32.2. The minimum Gasteiger partial charge on any atom is -0.280 e. The molecule has 20 heavy (non-hydrogen) atoms. The molecule has 2 N–H and O–H groups in total. The second-order valence-electron chi connectivity index (χ2n) is 4.57. The van der Waals surface area contributed by atoms with Crippen LogP contribution >= 0.6 is 0 Å². The summed E-state index contributed by atoms with van der Waals surface area (Å²) in [6, 6.07) is 3.60. The fourth-order valence-electron chi connectivity index (χ4n) is 1.56. The van der Waals surface area contributed by atoms with E-state index in [1.165, 1.54) is 6.07 Å². The third-order valence-corrected chi connectivity index (χ3v) is 3.94. The standard InChI is InChI=1S/C12H13F2N3O2S/c1-7(2)11-6-12(16-15-11)17-20(18,19)10-4-8(13)3-9(14)5-10/h3-7H,1-2H3,(H2,15,16,17). The summed E-state index contributed by atoms with van der Waals surface area (Å²) in [4.78, 5) is -0.496. The number of H-pyrrole nitrogens is 1. The molecule has 0 radical (unpaired) electrons. The van der Waals surface area contributed by atoms with Crippen molar-refractivity contribution in [2.75, 3.05) is 4.72 Å². The van der Waals surface area contributed by atoms with Crippen molar-refractivity contribution in [3.05, 3.63) is 41.6 Å². The molecule has 8 heteroatoms. The average Bonchev–Trinajstić information content (AvgIpc) is 2.75. The lowest BCUT2D eigenvalue weighted by molar-refractivity contribution is 0.568. The van der Waals surface area contributed by atoms with E-state index in [9.17, 15) is 17.2 Å². The molecule has 5 nitrogen and oxygen atoms in total. The van der Waals surface area contributed by atoms with Crippen LogP contribution in [0.3, 0.4) is 0 Å². The van der Waals surface area contributed by atoms with E-state index in [0.29, 0.717) is 6.07 Å². The Kier molecular flexibility index (Phi) is 3.76. The van der Waals surface area contributed by atoms with Crippen LogP contribution in [0.25, 0.3) is 0 Å². The van der Waals surface area contributed by atoms with E-state index in [4.69, 9.17) is 0 Å². The maximum Gasteiger partial charge on any atom is 0.263 e. The highest BCUT2D eigenvalue weighted by molar-refractivity contribution is 7.92. The monoisotopic (exact) mass is 301 g/mol. The number of halogens is 2. The molecule has 0 amide bonds. The first-order chi connectivity index (χ1) is 9.28. The molecule has 0 saturated carbocycles. The lowest BCUT2D eigenvalue weighted by atomic mass is 10.1. The molecule has 2 rings (SSSR count). The molecule has 1 heterocycles. The molecule has 0 bridgehead atoms. The van der Waals surface area contributed by atoms with Crippen molar-refractivity contribution in [2.24, 2.45) is 0 Å². The Balaban J connectivity index is 2.30. The van der Waals surface area contributed by atoms with Crippen LogP contribution in [-0.2, 0) is 10.0 Å². The number of aromatic nitrogens is 2. The van der Waals surface area contributed by atoms with Crippen molar-refractivity contribution in [3.63, 3.8) is 0 Å². The molecule has 1 aromatic carbocycles. The Labute approximate surface area is 115 Å². The zero-order chi connectivity index (χ0) is 14.9. The van der Waals surface area contributed by atoms with Gasteiger partial charge in [-0.15, -0.1) is 0 Å². The van der Waals surface area contributed by atoms with Crippen LogP contribution in [0, 0.1) is 11.6 Å². The lowest BCUT2D eigenvalue weighted by Crippen LogP contribution is -2.13. The first-order valence-electron chi connectivity index (χ1n) is 5.82. The Morgan fingerprint density at radius 3 is 2.25 bits per heavy atom. The number of hydrogen-bond donors (Lipinski definition) is 2. The topological polar surface area (TPSA) is 74.8 Å². The number of anilines is 1. The SMILES string of the molecule is CC(C)c1cc(NS(=O)(=O)c2cc(F)cc(F)c2)n[nH]1. The summed E-state index contributed by atoms with van der Waals surface area (Å²) in [5, 5.41) is 6.47. The summed E-state index contributed by atoms with van der Waals surface area (Å²) >= 11 is 0. The number of benzene rings is 1. The van der Waals surface area contributed by atoms with E-state index in [-0.39, 0.29) is 11.7 Å². The molecular formula is C12H13F2N3O2S. The molecule has 0 saturated heterocycles. The number of sulfonamides is 1.